The van der Waals surface area contributed by atoms with E-state index in [1.165, 1.54) is 51.6 Å². The fourth-order valence-electron chi connectivity index (χ4n) is 3.14. The van der Waals surface area contributed by atoms with Gasteiger partial charge in [-0.1, -0.05) is 32.6 Å². The predicted molar refractivity (Wildman–Crippen MR) is 106 cm³/mol. The lowest BCUT2D eigenvalue weighted by Gasteiger charge is -2.26. The van der Waals surface area contributed by atoms with Crippen LogP contribution in [-0.2, 0) is 4.74 Å². The third-order valence-electron chi connectivity index (χ3n) is 4.67. The van der Waals surface area contributed by atoms with E-state index in [9.17, 15) is 4.79 Å². The van der Waals surface area contributed by atoms with Gasteiger partial charge in [-0.2, -0.15) is 0 Å². The molecule has 1 aromatic carbocycles. The van der Waals surface area contributed by atoms with Crippen LogP contribution in [0.3, 0.4) is 0 Å². The van der Waals surface area contributed by atoms with Gasteiger partial charge in [0.1, 0.15) is 5.75 Å². The highest BCUT2D eigenvalue weighted by atomic mass is 16.5. The summed E-state index contributed by atoms with van der Waals surface area (Å²) in [6, 6.07) is 7.45. The number of benzene rings is 1. The molecule has 1 saturated heterocycles. The van der Waals surface area contributed by atoms with Crippen LogP contribution in [0.4, 0.5) is 10.5 Å². The summed E-state index contributed by atoms with van der Waals surface area (Å²) in [5, 5.41) is 2.76. The maximum atomic E-state index is 11.8. The Morgan fingerprint density at radius 2 is 1.77 bits per heavy atom. The standard InChI is InChI=1S/C21H34N2O3/c1-2-3-4-8-17-25-20-12-10-19(11-13-20)22-21(24)26-18-9-16-23-14-6-5-7-15-23/h10-13H,2-9,14-18H2,1H3,(H,22,24). The number of hydrogen-bond acceptors (Lipinski definition) is 4. The van der Waals surface area contributed by atoms with Crippen LogP contribution >= 0.6 is 0 Å². The number of carbonyl (C=O) groups excluding carboxylic acids is 1. The first-order valence-corrected chi connectivity index (χ1v) is 10.2. The summed E-state index contributed by atoms with van der Waals surface area (Å²) in [5.74, 6) is 0.835. The summed E-state index contributed by atoms with van der Waals surface area (Å²) >= 11 is 0. The van der Waals surface area contributed by atoms with Gasteiger partial charge in [0.15, 0.2) is 0 Å². The monoisotopic (exact) mass is 362 g/mol. The van der Waals surface area contributed by atoms with Crippen LogP contribution in [0.1, 0.15) is 58.3 Å². The summed E-state index contributed by atoms with van der Waals surface area (Å²) in [6.07, 6.45) is 9.20. The average Bonchev–Trinajstić information content (AvgIpc) is 2.67. The zero-order valence-electron chi connectivity index (χ0n) is 16.2. The molecule has 0 unspecified atom stereocenters. The van der Waals surface area contributed by atoms with Crippen molar-refractivity contribution < 1.29 is 14.3 Å². The largest absolute Gasteiger partial charge is 0.494 e. The van der Waals surface area contributed by atoms with Crippen molar-refractivity contribution in [3.63, 3.8) is 0 Å². The van der Waals surface area contributed by atoms with Gasteiger partial charge in [0.05, 0.1) is 13.2 Å². The van der Waals surface area contributed by atoms with Crippen LogP contribution < -0.4 is 10.1 Å². The molecule has 1 fully saturated rings. The Balaban J connectivity index is 1.56. The molecule has 0 aliphatic carbocycles. The third-order valence-corrected chi connectivity index (χ3v) is 4.67. The van der Waals surface area contributed by atoms with Crippen LogP contribution in [-0.4, -0.2) is 43.8 Å². The number of hydrogen-bond donors (Lipinski definition) is 1. The van der Waals surface area contributed by atoms with Gasteiger partial charge in [-0.3, -0.25) is 5.32 Å². The van der Waals surface area contributed by atoms with E-state index >= 15 is 0 Å². The maximum absolute atomic E-state index is 11.8. The zero-order chi connectivity index (χ0) is 18.5. The van der Waals surface area contributed by atoms with Crippen molar-refractivity contribution >= 4 is 11.8 Å². The fourth-order valence-corrected chi connectivity index (χ4v) is 3.14. The van der Waals surface area contributed by atoms with Gasteiger partial charge in [-0.25, -0.2) is 4.79 Å². The van der Waals surface area contributed by atoms with E-state index in [1.54, 1.807) is 0 Å². The normalized spacial score (nSPS) is 14.8. The molecule has 2 rings (SSSR count). The molecule has 0 aromatic heterocycles. The van der Waals surface area contributed by atoms with Gasteiger partial charge in [0.2, 0.25) is 0 Å². The Morgan fingerprint density at radius 1 is 1.00 bits per heavy atom. The van der Waals surface area contributed by atoms with E-state index < -0.39 is 6.09 Å². The second-order valence-corrected chi connectivity index (χ2v) is 6.95. The smallest absolute Gasteiger partial charge is 0.411 e. The Labute approximate surface area is 158 Å². The molecule has 146 valence electrons. The summed E-state index contributed by atoms with van der Waals surface area (Å²) < 4.78 is 11.0. The summed E-state index contributed by atoms with van der Waals surface area (Å²) in [4.78, 5) is 14.3. The molecule has 0 spiro atoms. The van der Waals surface area contributed by atoms with E-state index in [-0.39, 0.29) is 0 Å². The van der Waals surface area contributed by atoms with Gasteiger partial charge in [0.25, 0.3) is 0 Å². The van der Waals surface area contributed by atoms with E-state index in [1.807, 2.05) is 24.3 Å². The molecule has 0 radical (unpaired) electrons. The van der Waals surface area contributed by atoms with Crippen LogP contribution in [0, 0.1) is 0 Å². The third kappa shape index (κ3) is 8.56. The Bertz CT molecular complexity index is 498. The van der Waals surface area contributed by atoms with Crippen molar-refractivity contribution in [2.45, 2.75) is 58.3 Å². The van der Waals surface area contributed by atoms with Crippen LogP contribution in [0.5, 0.6) is 5.75 Å². The lowest BCUT2D eigenvalue weighted by molar-refractivity contribution is 0.148. The second kappa shape index (κ2) is 12.6. The van der Waals surface area contributed by atoms with Crippen LogP contribution in [0.2, 0.25) is 0 Å². The summed E-state index contributed by atoms with van der Waals surface area (Å²) in [7, 11) is 0. The molecule has 0 saturated carbocycles. The molecule has 1 aliphatic heterocycles. The number of rotatable bonds is 11. The highest BCUT2D eigenvalue weighted by molar-refractivity contribution is 5.84. The average molecular weight is 363 g/mol. The predicted octanol–water partition coefficient (Wildman–Crippen LogP) is 5.07. The molecule has 26 heavy (non-hydrogen) atoms. The number of ether oxygens (including phenoxy) is 2. The van der Waals surface area contributed by atoms with Gasteiger partial charge < -0.3 is 14.4 Å². The topological polar surface area (TPSA) is 50.8 Å². The minimum atomic E-state index is -0.392. The molecule has 1 heterocycles. The number of carbonyl (C=O) groups is 1. The minimum Gasteiger partial charge on any atom is -0.494 e. The highest BCUT2D eigenvalue weighted by Gasteiger charge is 2.10. The van der Waals surface area contributed by atoms with Crippen LogP contribution in [0.15, 0.2) is 24.3 Å². The number of nitrogens with zero attached hydrogens (tertiary/aromatic N) is 1. The number of unbranched alkanes of at least 4 members (excludes halogenated alkanes) is 3. The molecule has 1 amide bonds. The van der Waals surface area contributed by atoms with Crippen molar-refractivity contribution in [1.29, 1.82) is 0 Å². The van der Waals surface area contributed by atoms with Crippen molar-refractivity contribution in [2.75, 3.05) is 38.2 Å². The van der Waals surface area contributed by atoms with Gasteiger partial charge in [-0.15, -0.1) is 0 Å². The lowest BCUT2D eigenvalue weighted by Crippen LogP contribution is -2.31. The molecule has 1 N–H and O–H groups in total. The van der Waals surface area contributed by atoms with E-state index in [4.69, 9.17) is 9.47 Å². The first-order valence-electron chi connectivity index (χ1n) is 10.2. The molecule has 0 bridgehead atoms. The number of anilines is 1. The molecule has 5 nitrogen and oxygen atoms in total. The quantitative estimate of drug-likeness (QED) is 0.558. The number of nitrogens with one attached hydrogen (secondary N) is 1. The Hall–Kier alpha value is -1.75. The van der Waals surface area contributed by atoms with Crippen molar-refractivity contribution in [3.05, 3.63) is 24.3 Å². The molecule has 1 aromatic rings. The van der Waals surface area contributed by atoms with Crippen molar-refractivity contribution in [1.82, 2.24) is 4.90 Å². The molecular weight excluding hydrogens is 328 g/mol. The minimum absolute atomic E-state index is 0.392. The molecular formula is C21H34N2O3. The van der Waals surface area contributed by atoms with Gasteiger partial charge >= 0.3 is 6.09 Å². The lowest BCUT2D eigenvalue weighted by atomic mass is 10.1. The second-order valence-electron chi connectivity index (χ2n) is 6.95. The summed E-state index contributed by atoms with van der Waals surface area (Å²) in [6.45, 7) is 6.77. The first kappa shape index (κ1) is 20.6. The summed E-state index contributed by atoms with van der Waals surface area (Å²) in [5.41, 5.74) is 0.726. The molecule has 1 aliphatic rings. The number of amides is 1. The SMILES string of the molecule is CCCCCCOc1ccc(NC(=O)OCCCN2CCCCC2)cc1. The van der Waals surface area contributed by atoms with Crippen molar-refractivity contribution in [3.8, 4) is 5.75 Å². The zero-order valence-corrected chi connectivity index (χ0v) is 16.2. The van der Waals surface area contributed by atoms with E-state index in [0.717, 1.165) is 37.4 Å². The molecule has 0 atom stereocenters. The Morgan fingerprint density at radius 3 is 2.50 bits per heavy atom. The van der Waals surface area contributed by atoms with Gasteiger partial charge in [0, 0.05) is 12.2 Å². The Kier molecular flexibility index (Phi) is 9.95. The van der Waals surface area contributed by atoms with E-state index in [0.29, 0.717) is 6.61 Å². The number of likely N-dealkylation sites (tertiary alicyclic amines) is 1. The molecule has 5 heteroatoms. The van der Waals surface area contributed by atoms with E-state index in [2.05, 4.69) is 17.1 Å². The van der Waals surface area contributed by atoms with Crippen LogP contribution in [0.25, 0.3) is 0 Å². The van der Waals surface area contributed by atoms with Gasteiger partial charge in [-0.05, 0) is 63.0 Å². The number of piperidine rings is 1. The maximum Gasteiger partial charge on any atom is 0.411 e. The first-order chi connectivity index (χ1) is 12.8. The fraction of sp³-hybridized carbons (Fsp3) is 0.667. The highest BCUT2D eigenvalue weighted by Crippen LogP contribution is 2.16. The van der Waals surface area contributed by atoms with Crippen molar-refractivity contribution in [2.24, 2.45) is 0 Å².